The Balaban J connectivity index is 2.00. The second-order valence-electron chi connectivity index (χ2n) is 7.02. The summed E-state index contributed by atoms with van der Waals surface area (Å²) in [4.78, 5) is 12.1. The Morgan fingerprint density at radius 1 is 1.07 bits per heavy atom. The van der Waals surface area contributed by atoms with Gasteiger partial charge in [-0.25, -0.2) is 0 Å². The molecule has 0 saturated heterocycles. The van der Waals surface area contributed by atoms with Crippen molar-refractivity contribution in [1.29, 1.82) is 0 Å². The highest BCUT2D eigenvalue weighted by atomic mass is 32.2. The zero-order valence-electron chi connectivity index (χ0n) is 17.8. The molecule has 0 aliphatic heterocycles. The van der Waals surface area contributed by atoms with Crippen molar-refractivity contribution in [3.8, 4) is 28.7 Å². The summed E-state index contributed by atoms with van der Waals surface area (Å²) >= 11 is 1.20. The number of hydrogen-bond donors (Lipinski definition) is 1. The molecule has 9 heteroatoms. The van der Waals surface area contributed by atoms with Gasteiger partial charge in [-0.05, 0) is 37.8 Å². The molecule has 0 aliphatic carbocycles. The second-order valence-corrected chi connectivity index (χ2v) is 7.94. The van der Waals surface area contributed by atoms with Gasteiger partial charge in [0, 0.05) is 11.6 Å². The number of carbonyl (C=O) groups is 1. The summed E-state index contributed by atoms with van der Waals surface area (Å²) in [5.41, 5.74) is 0.630. The van der Waals surface area contributed by atoms with Gasteiger partial charge < -0.3 is 23.9 Å². The average molecular weight is 424 g/mol. The summed E-state index contributed by atoms with van der Waals surface area (Å²) in [7, 11) is 4.62. The highest BCUT2D eigenvalue weighted by Gasteiger charge is 2.18. The maximum atomic E-state index is 12.1. The highest BCUT2D eigenvalue weighted by molar-refractivity contribution is 7.99. The second kappa shape index (κ2) is 10.9. The van der Waals surface area contributed by atoms with E-state index in [0.29, 0.717) is 39.8 Å². The van der Waals surface area contributed by atoms with Crippen molar-refractivity contribution in [2.75, 3.05) is 27.1 Å². The molecule has 1 atom stereocenters. The fourth-order valence-electron chi connectivity index (χ4n) is 2.69. The Hall–Kier alpha value is -2.42. The van der Waals surface area contributed by atoms with E-state index in [1.807, 2.05) is 6.92 Å². The monoisotopic (exact) mass is 423 g/mol. The molecule has 29 heavy (non-hydrogen) atoms. The Morgan fingerprint density at radius 3 is 2.28 bits per heavy atom. The SMILES string of the molecule is COc1cc(-c2nnc(SCC(=O)N[C@@H](C)CCC(C)C)o2)cc(OC)c1OC. The number of benzene rings is 1. The molecular weight excluding hydrogens is 394 g/mol. The first-order chi connectivity index (χ1) is 13.9. The third-order valence-corrected chi connectivity index (χ3v) is 5.05. The van der Waals surface area contributed by atoms with Gasteiger partial charge in [0.2, 0.25) is 17.5 Å². The molecule has 8 nitrogen and oxygen atoms in total. The molecule has 160 valence electrons. The molecule has 0 bridgehead atoms. The van der Waals surface area contributed by atoms with E-state index >= 15 is 0 Å². The lowest BCUT2D eigenvalue weighted by Gasteiger charge is -2.14. The van der Waals surface area contributed by atoms with Crippen LogP contribution in [0.5, 0.6) is 17.2 Å². The maximum Gasteiger partial charge on any atom is 0.277 e. The summed E-state index contributed by atoms with van der Waals surface area (Å²) < 4.78 is 21.7. The van der Waals surface area contributed by atoms with Crippen LogP contribution in [0.25, 0.3) is 11.5 Å². The van der Waals surface area contributed by atoms with Crippen molar-refractivity contribution in [3.05, 3.63) is 12.1 Å². The Kier molecular flexibility index (Phi) is 8.63. The molecule has 0 aliphatic rings. The smallest absolute Gasteiger partial charge is 0.277 e. The number of amides is 1. The van der Waals surface area contributed by atoms with Crippen LogP contribution in [-0.2, 0) is 4.79 Å². The molecular formula is C20H29N3O5S. The van der Waals surface area contributed by atoms with E-state index in [1.165, 1.54) is 33.1 Å². The lowest BCUT2D eigenvalue weighted by Crippen LogP contribution is -2.34. The zero-order valence-corrected chi connectivity index (χ0v) is 18.6. The molecule has 1 amide bonds. The molecule has 0 fully saturated rings. The number of ether oxygens (including phenoxy) is 3. The quantitative estimate of drug-likeness (QED) is 0.545. The van der Waals surface area contributed by atoms with E-state index in [2.05, 4.69) is 29.4 Å². The Morgan fingerprint density at radius 2 is 1.72 bits per heavy atom. The van der Waals surface area contributed by atoms with Crippen LogP contribution in [0.3, 0.4) is 0 Å². The minimum atomic E-state index is -0.0567. The van der Waals surface area contributed by atoms with Gasteiger partial charge in [0.25, 0.3) is 5.22 Å². The van der Waals surface area contributed by atoms with Crippen molar-refractivity contribution in [3.63, 3.8) is 0 Å². The number of methoxy groups -OCH3 is 3. The van der Waals surface area contributed by atoms with Gasteiger partial charge in [0.1, 0.15) is 0 Å². The number of aromatic nitrogens is 2. The van der Waals surface area contributed by atoms with Crippen molar-refractivity contribution >= 4 is 17.7 Å². The van der Waals surface area contributed by atoms with Crippen molar-refractivity contribution in [1.82, 2.24) is 15.5 Å². The first-order valence-electron chi connectivity index (χ1n) is 9.43. The summed E-state index contributed by atoms with van der Waals surface area (Å²) in [5.74, 6) is 2.54. The molecule has 0 unspecified atom stereocenters. The zero-order chi connectivity index (χ0) is 21.4. The average Bonchev–Trinajstić information content (AvgIpc) is 3.18. The molecule has 1 aromatic heterocycles. The Labute approximate surface area is 175 Å². The largest absolute Gasteiger partial charge is 0.493 e. The summed E-state index contributed by atoms with van der Waals surface area (Å²) in [5, 5.41) is 11.4. The van der Waals surface area contributed by atoms with Crippen LogP contribution < -0.4 is 19.5 Å². The molecule has 1 N–H and O–H groups in total. The van der Waals surface area contributed by atoms with Crippen molar-refractivity contribution < 1.29 is 23.4 Å². The van der Waals surface area contributed by atoms with E-state index in [9.17, 15) is 4.79 Å². The van der Waals surface area contributed by atoms with E-state index in [4.69, 9.17) is 18.6 Å². The lowest BCUT2D eigenvalue weighted by atomic mass is 10.0. The fraction of sp³-hybridized carbons (Fsp3) is 0.550. The standard InChI is InChI=1S/C20H29N3O5S/c1-12(2)7-8-13(3)21-17(24)11-29-20-23-22-19(28-20)14-9-15(25-4)18(27-6)16(10-14)26-5/h9-10,12-13H,7-8,11H2,1-6H3,(H,21,24)/t13-/m0/s1. The van der Waals surface area contributed by atoms with Crippen LogP contribution in [0.1, 0.15) is 33.6 Å². The van der Waals surface area contributed by atoms with Gasteiger partial charge in [-0.2, -0.15) is 0 Å². The molecule has 0 radical (unpaired) electrons. The van der Waals surface area contributed by atoms with Gasteiger partial charge >= 0.3 is 0 Å². The Bertz CT molecular complexity index is 784. The number of hydrogen-bond acceptors (Lipinski definition) is 8. The van der Waals surface area contributed by atoms with Crippen LogP contribution in [-0.4, -0.2) is 49.2 Å². The van der Waals surface area contributed by atoms with Crippen LogP contribution >= 0.6 is 11.8 Å². The van der Waals surface area contributed by atoms with Gasteiger partial charge in [0.15, 0.2) is 11.5 Å². The van der Waals surface area contributed by atoms with Gasteiger partial charge in [-0.1, -0.05) is 25.6 Å². The molecule has 0 spiro atoms. The van der Waals surface area contributed by atoms with E-state index in [-0.39, 0.29) is 17.7 Å². The fourth-order valence-corrected chi connectivity index (χ4v) is 3.26. The summed E-state index contributed by atoms with van der Waals surface area (Å²) in [6.45, 7) is 6.36. The van der Waals surface area contributed by atoms with Crippen LogP contribution in [0.15, 0.2) is 21.8 Å². The number of carbonyl (C=O) groups excluding carboxylic acids is 1. The van der Waals surface area contributed by atoms with E-state index in [0.717, 1.165) is 12.8 Å². The third kappa shape index (κ3) is 6.56. The van der Waals surface area contributed by atoms with Crippen LogP contribution in [0, 0.1) is 5.92 Å². The molecule has 2 rings (SSSR count). The number of nitrogens with zero attached hydrogens (tertiary/aromatic N) is 2. The number of rotatable bonds is 11. The molecule has 1 heterocycles. The number of thioether (sulfide) groups is 1. The highest BCUT2D eigenvalue weighted by Crippen LogP contribution is 2.41. The molecule has 1 aromatic carbocycles. The summed E-state index contributed by atoms with van der Waals surface area (Å²) in [6.07, 6.45) is 2.04. The predicted octanol–water partition coefficient (Wildman–Crippen LogP) is 3.80. The lowest BCUT2D eigenvalue weighted by molar-refractivity contribution is -0.119. The van der Waals surface area contributed by atoms with Crippen LogP contribution in [0.4, 0.5) is 0 Å². The van der Waals surface area contributed by atoms with E-state index in [1.54, 1.807) is 12.1 Å². The van der Waals surface area contributed by atoms with E-state index < -0.39 is 0 Å². The summed E-state index contributed by atoms with van der Waals surface area (Å²) in [6, 6.07) is 3.60. The normalized spacial score (nSPS) is 12.0. The minimum absolute atomic E-state index is 0.0567. The number of nitrogens with one attached hydrogen (secondary N) is 1. The van der Waals surface area contributed by atoms with Crippen LogP contribution in [0.2, 0.25) is 0 Å². The minimum Gasteiger partial charge on any atom is -0.493 e. The maximum absolute atomic E-state index is 12.1. The van der Waals surface area contributed by atoms with Crippen molar-refractivity contribution in [2.45, 2.75) is 44.9 Å². The topological polar surface area (TPSA) is 95.7 Å². The third-order valence-electron chi connectivity index (χ3n) is 4.23. The first-order valence-corrected chi connectivity index (χ1v) is 10.4. The molecule has 2 aromatic rings. The van der Waals surface area contributed by atoms with Gasteiger partial charge in [0.05, 0.1) is 27.1 Å². The van der Waals surface area contributed by atoms with Gasteiger partial charge in [-0.15, -0.1) is 10.2 Å². The predicted molar refractivity (Wildman–Crippen MR) is 112 cm³/mol. The first kappa shape index (κ1) is 22.9. The molecule has 0 saturated carbocycles. The van der Waals surface area contributed by atoms with Crippen molar-refractivity contribution in [2.24, 2.45) is 5.92 Å². The van der Waals surface area contributed by atoms with Gasteiger partial charge in [-0.3, -0.25) is 4.79 Å².